The zero-order valence-corrected chi connectivity index (χ0v) is 27.9. The van der Waals surface area contributed by atoms with Crippen molar-refractivity contribution in [3.05, 3.63) is 114 Å². The van der Waals surface area contributed by atoms with Gasteiger partial charge in [-0.25, -0.2) is 0 Å². The van der Waals surface area contributed by atoms with Gasteiger partial charge in [0.15, 0.2) is 5.78 Å². The molecule has 0 heterocycles. The number of Topliss-reactive ketones (excluding diaryl/α,β-unsaturated/α-hetero) is 1. The van der Waals surface area contributed by atoms with Crippen molar-refractivity contribution in [2.45, 2.75) is 59.9 Å². The van der Waals surface area contributed by atoms with Crippen LogP contribution in [0.3, 0.4) is 0 Å². The molecule has 6 aromatic rings. The largest absolute Gasteiger partial charge is 0.380 e. The molecule has 6 heteroatoms. The molecule has 0 fully saturated rings. The number of hydrogen-bond donors (Lipinski definition) is 3. The minimum absolute atomic E-state index is 0.0964. The van der Waals surface area contributed by atoms with Gasteiger partial charge in [-0.2, -0.15) is 0 Å². The predicted octanol–water partition coefficient (Wildman–Crippen LogP) is 10.3. The number of hydrogen-bond acceptors (Lipinski definition) is 4. The van der Waals surface area contributed by atoms with Gasteiger partial charge >= 0.3 is 0 Å². The van der Waals surface area contributed by atoms with Gasteiger partial charge in [0.2, 0.25) is 0 Å². The van der Waals surface area contributed by atoms with Gasteiger partial charge in [0.25, 0.3) is 11.8 Å². The van der Waals surface area contributed by atoms with Crippen LogP contribution in [0.2, 0.25) is 0 Å². The molecule has 47 heavy (non-hydrogen) atoms. The Morgan fingerprint density at radius 1 is 0.574 bits per heavy atom. The molecule has 0 radical (unpaired) electrons. The third kappa shape index (κ3) is 6.28. The van der Waals surface area contributed by atoms with Crippen LogP contribution in [0.5, 0.6) is 0 Å². The van der Waals surface area contributed by atoms with Crippen molar-refractivity contribution >= 4 is 67.0 Å². The van der Waals surface area contributed by atoms with E-state index in [1.54, 1.807) is 18.2 Å². The van der Waals surface area contributed by atoms with Gasteiger partial charge in [-0.15, -0.1) is 0 Å². The smallest absolute Gasteiger partial charge is 0.256 e. The predicted molar refractivity (Wildman–Crippen MR) is 195 cm³/mol. The fraction of sp³-hybridized carbons (Fsp3) is 0.244. The van der Waals surface area contributed by atoms with E-state index in [0.29, 0.717) is 28.9 Å². The van der Waals surface area contributed by atoms with Crippen LogP contribution in [0.15, 0.2) is 97.1 Å². The van der Waals surface area contributed by atoms with E-state index in [-0.39, 0.29) is 28.7 Å². The molecule has 3 N–H and O–H groups in total. The number of amides is 2. The minimum Gasteiger partial charge on any atom is -0.380 e. The molecule has 0 unspecified atom stereocenters. The third-order valence-corrected chi connectivity index (χ3v) is 9.47. The molecule has 0 saturated carbocycles. The lowest BCUT2D eigenvalue weighted by Crippen LogP contribution is -2.29. The molecular weight excluding hydrogens is 582 g/mol. The van der Waals surface area contributed by atoms with E-state index in [0.717, 1.165) is 44.4 Å². The first-order chi connectivity index (χ1) is 22.4. The Hall–Kier alpha value is -5.23. The Bertz CT molecular complexity index is 2150. The summed E-state index contributed by atoms with van der Waals surface area (Å²) in [6, 6.07) is 30.7. The number of nitrogens with one attached hydrogen (secondary N) is 3. The molecule has 0 saturated heterocycles. The van der Waals surface area contributed by atoms with E-state index >= 15 is 0 Å². The number of benzene rings is 6. The van der Waals surface area contributed by atoms with Crippen LogP contribution in [0.1, 0.15) is 85.5 Å². The SMILES string of the molecule is CCC(C)(C)Nc1cccc(NC(=O)c2cc(NC(=O)c3ccc4ccc5cccc6ccc3c4c56)cc(C(=O)C(C)(C)CC)c2)c1. The van der Waals surface area contributed by atoms with Gasteiger partial charge < -0.3 is 16.0 Å². The highest BCUT2D eigenvalue weighted by Crippen LogP contribution is 2.36. The maximum atomic E-state index is 13.9. The summed E-state index contributed by atoms with van der Waals surface area (Å²) in [6.45, 7) is 12.1. The summed E-state index contributed by atoms with van der Waals surface area (Å²) in [7, 11) is 0. The van der Waals surface area contributed by atoms with E-state index < -0.39 is 5.41 Å². The van der Waals surface area contributed by atoms with Crippen LogP contribution >= 0.6 is 0 Å². The van der Waals surface area contributed by atoms with E-state index in [1.165, 1.54) is 0 Å². The second-order valence-electron chi connectivity index (χ2n) is 13.7. The van der Waals surface area contributed by atoms with Crippen molar-refractivity contribution in [3.8, 4) is 0 Å². The van der Waals surface area contributed by atoms with Crippen molar-refractivity contribution in [3.63, 3.8) is 0 Å². The maximum absolute atomic E-state index is 13.9. The van der Waals surface area contributed by atoms with E-state index in [9.17, 15) is 14.4 Å². The van der Waals surface area contributed by atoms with E-state index in [2.05, 4.69) is 61.0 Å². The Labute approximate surface area is 275 Å². The summed E-state index contributed by atoms with van der Waals surface area (Å²) in [5.74, 6) is -0.786. The first-order valence-electron chi connectivity index (χ1n) is 16.3. The van der Waals surface area contributed by atoms with Gasteiger partial charge in [0.05, 0.1) is 0 Å². The summed E-state index contributed by atoms with van der Waals surface area (Å²) in [5.41, 5.74) is 2.31. The molecule has 238 valence electrons. The highest BCUT2D eigenvalue weighted by atomic mass is 16.2. The van der Waals surface area contributed by atoms with Crippen LogP contribution < -0.4 is 16.0 Å². The highest BCUT2D eigenvalue weighted by Gasteiger charge is 2.28. The minimum atomic E-state index is -0.644. The van der Waals surface area contributed by atoms with E-state index in [1.807, 2.05) is 75.4 Å². The zero-order valence-electron chi connectivity index (χ0n) is 27.9. The third-order valence-electron chi connectivity index (χ3n) is 9.47. The molecule has 0 atom stereocenters. The molecule has 0 aromatic heterocycles. The molecule has 0 aliphatic heterocycles. The topological polar surface area (TPSA) is 87.3 Å². The van der Waals surface area contributed by atoms with E-state index in [4.69, 9.17) is 0 Å². The van der Waals surface area contributed by atoms with Crippen molar-refractivity contribution in [1.82, 2.24) is 0 Å². The monoisotopic (exact) mass is 623 g/mol. The molecule has 6 nitrogen and oxygen atoms in total. The van der Waals surface area contributed by atoms with Gasteiger partial charge in [0, 0.05) is 44.7 Å². The van der Waals surface area contributed by atoms with Crippen LogP contribution in [0.25, 0.3) is 32.3 Å². The molecule has 0 bridgehead atoms. The van der Waals surface area contributed by atoms with Crippen molar-refractivity contribution in [1.29, 1.82) is 0 Å². The lowest BCUT2D eigenvalue weighted by molar-refractivity contribution is 0.0832. The van der Waals surface area contributed by atoms with Crippen LogP contribution in [0, 0.1) is 5.41 Å². The molecule has 2 amide bonds. The fourth-order valence-corrected chi connectivity index (χ4v) is 6.00. The summed E-state index contributed by atoms with van der Waals surface area (Å²) in [4.78, 5) is 41.3. The zero-order chi connectivity index (χ0) is 33.5. The Morgan fingerprint density at radius 3 is 1.87 bits per heavy atom. The number of carbonyl (C=O) groups excluding carboxylic acids is 3. The average Bonchev–Trinajstić information content (AvgIpc) is 3.06. The number of carbonyl (C=O) groups is 3. The van der Waals surface area contributed by atoms with Crippen molar-refractivity contribution < 1.29 is 14.4 Å². The second-order valence-corrected chi connectivity index (χ2v) is 13.7. The number of rotatable bonds is 10. The van der Waals surface area contributed by atoms with Crippen molar-refractivity contribution in [2.75, 3.05) is 16.0 Å². The summed E-state index contributed by atoms with van der Waals surface area (Å²) < 4.78 is 0. The van der Waals surface area contributed by atoms with Gasteiger partial charge in [-0.05, 0) is 101 Å². The van der Waals surface area contributed by atoms with Gasteiger partial charge in [-0.3, -0.25) is 14.4 Å². The molecule has 6 aromatic carbocycles. The lowest BCUT2D eigenvalue weighted by atomic mass is 9.81. The maximum Gasteiger partial charge on any atom is 0.256 e. The van der Waals surface area contributed by atoms with Crippen LogP contribution in [-0.2, 0) is 0 Å². The summed E-state index contributed by atoms with van der Waals surface area (Å²) in [6.07, 6.45) is 1.56. The molecule has 6 rings (SSSR count). The van der Waals surface area contributed by atoms with Crippen LogP contribution in [0.4, 0.5) is 17.1 Å². The Morgan fingerprint density at radius 2 is 1.17 bits per heavy atom. The molecule has 0 aliphatic rings. The first kappa shape index (κ1) is 31.7. The van der Waals surface area contributed by atoms with Gasteiger partial charge in [-0.1, -0.05) is 82.3 Å². The quantitative estimate of drug-likeness (QED) is 0.105. The normalized spacial score (nSPS) is 12.0. The molecular formula is C41H41N3O3. The highest BCUT2D eigenvalue weighted by molar-refractivity contribution is 6.27. The number of ketones is 1. The summed E-state index contributed by atoms with van der Waals surface area (Å²) in [5, 5.41) is 15.8. The first-order valence-corrected chi connectivity index (χ1v) is 16.3. The average molecular weight is 624 g/mol. The Kier molecular flexibility index (Phi) is 8.22. The van der Waals surface area contributed by atoms with Gasteiger partial charge in [0.1, 0.15) is 0 Å². The standard InChI is InChI=1S/C41H41N3O3/c1-7-40(3,4)37(45)28-21-29(38(46)42-30-13-10-14-31(24-30)44-41(5,6)8-2)23-32(22-28)43-39(47)34-20-18-27-16-15-25-11-9-12-26-17-19-33(34)36(27)35(25)26/h9-24,44H,7-8H2,1-6H3,(H,42,46)(H,43,47). The molecule has 0 aliphatic carbocycles. The number of anilines is 3. The Balaban J connectivity index is 1.36. The van der Waals surface area contributed by atoms with Crippen LogP contribution in [-0.4, -0.2) is 23.1 Å². The van der Waals surface area contributed by atoms with Crippen molar-refractivity contribution in [2.24, 2.45) is 5.41 Å². The summed E-state index contributed by atoms with van der Waals surface area (Å²) >= 11 is 0. The fourth-order valence-electron chi connectivity index (χ4n) is 6.00. The lowest BCUT2D eigenvalue weighted by Gasteiger charge is -2.26. The molecule has 0 spiro atoms. The second kappa shape index (κ2) is 12.2.